The van der Waals surface area contributed by atoms with Crippen LogP contribution in [0.4, 0.5) is 13.2 Å². The molecule has 0 atom stereocenters. The molecule has 1 fully saturated rings. The van der Waals surface area contributed by atoms with Crippen molar-refractivity contribution in [2.75, 3.05) is 0 Å². The second kappa shape index (κ2) is 6.34. The Morgan fingerprint density at radius 3 is 2.32 bits per heavy atom. The van der Waals surface area contributed by atoms with E-state index in [9.17, 15) is 18.0 Å². The molecule has 3 N–H and O–H groups in total. The van der Waals surface area contributed by atoms with E-state index < -0.39 is 12.1 Å². The zero-order valence-electron chi connectivity index (χ0n) is 13.8. The van der Waals surface area contributed by atoms with E-state index in [0.29, 0.717) is 23.1 Å². The van der Waals surface area contributed by atoms with Gasteiger partial charge in [0.1, 0.15) is 17.2 Å². The summed E-state index contributed by atoms with van der Waals surface area (Å²) in [6, 6.07) is 0.381. The summed E-state index contributed by atoms with van der Waals surface area (Å²) in [6.07, 6.45) is -2.85. The monoisotopic (exact) mass is 358 g/mol. The highest BCUT2D eigenvalue weighted by atomic mass is 19.4. The third-order valence-corrected chi connectivity index (χ3v) is 3.86. The van der Waals surface area contributed by atoms with Gasteiger partial charge in [-0.1, -0.05) is 0 Å². The van der Waals surface area contributed by atoms with Crippen LogP contribution in [-0.4, -0.2) is 44.3 Å². The number of hydrogen-bond donors (Lipinski definition) is 2. The number of aryl methyl sites for hydroxylation is 1. The van der Waals surface area contributed by atoms with Crippen molar-refractivity contribution in [3.05, 3.63) is 28.5 Å². The van der Waals surface area contributed by atoms with E-state index in [2.05, 4.69) is 9.98 Å². The number of carboxylic acid groups (broad SMARTS) is 1. The van der Waals surface area contributed by atoms with Gasteiger partial charge in [0.05, 0.1) is 17.5 Å². The van der Waals surface area contributed by atoms with Gasteiger partial charge >= 0.3 is 12.1 Å². The standard InChI is InChI=1S/C13H16N4O.C2HF3O2/c1-6-9(14)13(18)12-11(15-7(2)17(12)3)10(6)16-8-4-5-8;3-2(4,5)1(6)7/h8H,4-5,14H2,1-3H3;(H,6,7). The maximum atomic E-state index is 12.2. The molecule has 25 heavy (non-hydrogen) atoms. The molecule has 0 unspecified atom stereocenters. The topological polar surface area (TPSA) is 111 Å². The van der Waals surface area contributed by atoms with Crippen molar-refractivity contribution < 1.29 is 27.9 Å². The molecule has 0 radical (unpaired) electrons. The zero-order valence-corrected chi connectivity index (χ0v) is 13.8. The predicted molar refractivity (Wildman–Crippen MR) is 82.4 cm³/mol. The number of carbonyl (C=O) groups is 2. The van der Waals surface area contributed by atoms with Gasteiger partial charge in [-0.2, -0.15) is 13.2 Å². The Labute approximate surface area is 141 Å². The minimum atomic E-state index is -5.08. The van der Waals surface area contributed by atoms with E-state index in [4.69, 9.17) is 15.6 Å². The summed E-state index contributed by atoms with van der Waals surface area (Å²) >= 11 is 0. The van der Waals surface area contributed by atoms with E-state index in [-0.39, 0.29) is 5.78 Å². The molecule has 7 nitrogen and oxygen atoms in total. The van der Waals surface area contributed by atoms with Crippen LogP contribution in [0.15, 0.2) is 16.3 Å². The first kappa shape index (κ1) is 18.7. The fourth-order valence-corrected chi connectivity index (χ4v) is 2.18. The van der Waals surface area contributed by atoms with Gasteiger partial charge in [-0.05, 0) is 26.7 Å². The quantitative estimate of drug-likeness (QED) is 0.794. The second-order valence-corrected chi connectivity index (χ2v) is 5.79. The van der Waals surface area contributed by atoms with Gasteiger partial charge < -0.3 is 15.4 Å². The molecule has 0 amide bonds. The maximum Gasteiger partial charge on any atom is 0.490 e. The Morgan fingerprint density at radius 1 is 1.36 bits per heavy atom. The highest BCUT2D eigenvalue weighted by molar-refractivity contribution is 6.26. The van der Waals surface area contributed by atoms with Crippen LogP contribution < -0.4 is 5.73 Å². The number of ketones is 1. The average Bonchev–Trinajstić information content (AvgIpc) is 3.27. The molecule has 0 aliphatic heterocycles. The molecule has 2 aliphatic rings. The SMILES string of the molecule is CC1=C(N)C(=O)c2c(nc(C)n2C)C1=NC1CC1.O=C(O)C(F)(F)F. The summed E-state index contributed by atoms with van der Waals surface area (Å²) in [6.45, 7) is 3.73. The lowest BCUT2D eigenvalue weighted by Gasteiger charge is -2.16. The number of halogens is 3. The number of aliphatic imine (C=N–C) groups is 1. The molecular formula is C15H17F3N4O3. The van der Waals surface area contributed by atoms with Crippen LogP contribution >= 0.6 is 0 Å². The van der Waals surface area contributed by atoms with Gasteiger partial charge in [-0.3, -0.25) is 9.79 Å². The van der Waals surface area contributed by atoms with E-state index in [1.165, 1.54) is 0 Å². The van der Waals surface area contributed by atoms with Crippen LogP contribution in [-0.2, 0) is 11.8 Å². The average molecular weight is 358 g/mol. The van der Waals surface area contributed by atoms with E-state index >= 15 is 0 Å². The zero-order chi connectivity index (χ0) is 19.1. The number of imidazole rings is 1. The highest BCUT2D eigenvalue weighted by Gasteiger charge is 2.38. The van der Waals surface area contributed by atoms with Crippen molar-refractivity contribution in [2.24, 2.45) is 17.8 Å². The summed E-state index contributed by atoms with van der Waals surface area (Å²) < 4.78 is 33.5. The first-order valence-corrected chi connectivity index (χ1v) is 7.38. The molecule has 1 saturated carbocycles. The van der Waals surface area contributed by atoms with Crippen molar-refractivity contribution in [3.63, 3.8) is 0 Å². The fraction of sp³-hybridized carbons (Fsp3) is 0.467. The van der Waals surface area contributed by atoms with Gasteiger partial charge in [0.2, 0.25) is 5.78 Å². The molecule has 1 aromatic heterocycles. The minimum Gasteiger partial charge on any atom is -0.475 e. The molecule has 10 heteroatoms. The molecular weight excluding hydrogens is 341 g/mol. The number of aromatic nitrogens is 2. The van der Waals surface area contributed by atoms with Crippen molar-refractivity contribution in [3.8, 4) is 0 Å². The van der Waals surface area contributed by atoms with Crippen LogP contribution in [0.2, 0.25) is 0 Å². The van der Waals surface area contributed by atoms with Crippen molar-refractivity contribution in [2.45, 2.75) is 38.9 Å². The van der Waals surface area contributed by atoms with Gasteiger partial charge in [-0.25, -0.2) is 9.78 Å². The van der Waals surface area contributed by atoms with Crippen molar-refractivity contribution in [1.29, 1.82) is 0 Å². The number of rotatable bonds is 1. The Balaban J connectivity index is 0.000000277. The second-order valence-electron chi connectivity index (χ2n) is 5.79. The van der Waals surface area contributed by atoms with Crippen LogP contribution in [0, 0.1) is 6.92 Å². The van der Waals surface area contributed by atoms with E-state index in [0.717, 1.165) is 30.0 Å². The van der Waals surface area contributed by atoms with Crippen molar-refractivity contribution >= 4 is 17.5 Å². The highest BCUT2D eigenvalue weighted by Crippen LogP contribution is 2.29. The van der Waals surface area contributed by atoms with Gasteiger partial charge in [0, 0.05) is 12.6 Å². The number of Topliss-reactive ketones (excluding diaryl/α,β-unsaturated/α-hetero) is 1. The number of allylic oxidation sites excluding steroid dienone is 2. The number of alkyl halides is 3. The molecule has 0 bridgehead atoms. The third kappa shape index (κ3) is 3.72. The molecule has 136 valence electrons. The van der Waals surface area contributed by atoms with Crippen LogP contribution in [0.25, 0.3) is 0 Å². The summed E-state index contributed by atoms with van der Waals surface area (Å²) in [5.74, 6) is -2.09. The molecule has 0 aromatic carbocycles. The molecule has 1 aromatic rings. The Hall–Kier alpha value is -2.65. The molecule has 1 heterocycles. The smallest absolute Gasteiger partial charge is 0.475 e. The van der Waals surface area contributed by atoms with Gasteiger partial charge in [-0.15, -0.1) is 0 Å². The summed E-state index contributed by atoms with van der Waals surface area (Å²) in [4.78, 5) is 30.2. The summed E-state index contributed by atoms with van der Waals surface area (Å²) in [7, 11) is 1.84. The number of nitrogens with zero attached hydrogens (tertiary/aromatic N) is 3. The Bertz CT molecular complexity index is 802. The molecule has 0 saturated heterocycles. The summed E-state index contributed by atoms with van der Waals surface area (Å²) in [5.41, 5.74) is 9.02. The number of carboxylic acids is 1. The van der Waals surface area contributed by atoms with E-state index in [1.54, 1.807) is 4.57 Å². The van der Waals surface area contributed by atoms with Gasteiger partial charge in [0.15, 0.2) is 0 Å². The molecule has 0 spiro atoms. The number of aliphatic carboxylic acids is 1. The number of nitrogens with two attached hydrogens (primary N) is 1. The molecule has 3 rings (SSSR count). The van der Waals surface area contributed by atoms with Crippen LogP contribution in [0.3, 0.4) is 0 Å². The number of hydrogen-bond acceptors (Lipinski definition) is 5. The minimum absolute atomic E-state index is 0.139. The normalized spacial score (nSPS) is 18.8. The fourth-order valence-electron chi connectivity index (χ4n) is 2.18. The Morgan fingerprint density at radius 2 is 1.88 bits per heavy atom. The lowest BCUT2D eigenvalue weighted by Crippen LogP contribution is -2.27. The number of fused-ring (bicyclic) bond motifs is 1. The van der Waals surface area contributed by atoms with E-state index in [1.807, 2.05) is 20.9 Å². The Kier molecular flexibility index (Phi) is 4.74. The third-order valence-electron chi connectivity index (χ3n) is 3.86. The largest absolute Gasteiger partial charge is 0.490 e. The lowest BCUT2D eigenvalue weighted by atomic mass is 9.95. The lowest BCUT2D eigenvalue weighted by molar-refractivity contribution is -0.192. The van der Waals surface area contributed by atoms with Gasteiger partial charge in [0.25, 0.3) is 0 Å². The predicted octanol–water partition coefficient (Wildman–Crippen LogP) is 1.74. The first-order chi connectivity index (χ1) is 11.4. The number of carbonyl (C=O) groups excluding carboxylic acids is 1. The maximum absolute atomic E-state index is 12.2. The van der Waals surface area contributed by atoms with Crippen LogP contribution in [0.5, 0.6) is 0 Å². The van der Waals surface area contributed by atoms with Crippen molar-refractivity contribution in [1.82, 2.24) is 9.55 Å². The summed E-state index contributed by atoms with van der Waals surface area (Å²) in [5, 5.41) is 7.12. The van der Waals surface area contributed by atoms with Crippen LogP contribution in [0.1, 0.15) is 41.8 Å². The first-order valence-electron chi connectivity index (χ1n) is 7.38. The molecule has 2 aliphatic carbocycles.